The van der Waals surface area contributed by atoms with E-state index in [0.29, 0.717) is 24.1 Å². The highest BCUT2D eigenvalue weighted by Crippen LogP contribution is 2.23. The molecule has 0 amide bonds. The van der Waals surface area contributed by atoms with E-state index in [1.807, 2.05) is 18.2 Å². The molecule has 2 heterocycles. The molecule has 1 aromatic carbocycles. The molecule has 0 bridgehead atoms. The predicted molar refractivity (Wildman–Crippen MR) is 67.2 cm³/mol. The number of H-pyrrole nitrogens is 2. The highest BCUT2D eigenvalue weighted by Gasteiger charge is 2.12. The summed E-state index contributed by atoms with van der Waals surface area (Å²) < 4.78 is 5.25. The molecule has 0 aliphatic heterocycles. The molecule has 0 aliphatic carbocycles. The van der Waals surface area contributed by atoms with E-state index in [0.717, 1.165) is 16.8 Å². The lowest BCUT2D eigenvalue weighted by Gasteiger charge is -2.01. The Hall–Kier alpha value is -2.34. The third kappa shape index (κ3) is 1.63. The lowest BCUT2D eigenvalue weighted by molar-refractivity contribution is 0.602. The van der Waals surface area contributed by atoms with Crippen LogP contribution in [0.1, 0.15) is 5.56 Å². The van der Waals surface area contributed by atoms with Crippen LogP contribution in [0.15, 0.2) is 33.8 Å². The first-order valence-electron chi connectivity index (χ1n) is 5.63. The zero-order valence-corrected chi connectivity index (χ0v) is 9.56. The van der Waals surface area contributed by atoms with E-state index in [-0.39, 0.29) is 5.56 Å². The summed E-state index contributed by atoms with van der Waals surface area (Å²) in [7, 11) is 0. The van der Waals surface area contributed by atoms with Crippen LogP contribution >= 0.6 is 0 Å². The fourth-order valence-electron chi connectivity index (χ4n) is 2.02. The van der Waals surface area contributed by atoms with Gasteiger partial charge in [0.2, 0.25) is 0 Å². The van der Waals surface area contributed by atoms with E-state index >= 15 is 0 Å². The van der Waals surface area contributed by atoms with Gasteiger partial charge in [-0.25, -0.2) is 4.98 Å². The summed E-state index contributed by atoms with van der Waals surface area (Å²) in [4.78, 5) is 15.7. The number of nitrogens with zero attached hydrogens (tertiary/aromatic N) is 1. The van der Waals surface area contributed by atoms with E-state index in [1.165, 1.54) is 6.39 Å². The van der Waals surface area contributed by atoms with Gasteiger partial charge in [-0.05, 0) is 25.1 Å². The third-order valence-electron chi connectivity index (χ3n) is 2.89. The first kappa shape index (κ1) is 10.8. The molecule has 3 aromatic rings. The Morgan fingerprint density at radius 2 is 2.22 bits per heavy atom. The van der Waals surface area contributed by atoms with Gasteiger partial charge in [0, 0.05) is 11.1 Å². The number of rotatable bonds is 3. The predicted octanol–water partition coefficient (Wildman–Crippen LogP) is 1.01. The summed E-state index contributed by atoms with van der Waals surface area (Å²) in [5, 5.41) is 5.46. The Kier molecular flexibility index (Phi) is 2.49. The van der Waals surface area contributed by atoms with E-state index in [1.54, 1.807) is 0 Å². The summed E-state index contributed by atoms with van der Waals surface area (Å²) in [6.45, 7) is 0.429. The van der Waals surface area contributed by atoms with Crippen LogP contribution in [0.2, 0.25) is 0 Å². The van der Waals surface area contributed by atoms with Crippen molar-refractivity contribution in [1.29, 1.82) is 0 Å². The molecule has 92 valence electrons. The third-order valence-corrected chi connectivity index (χ3v) is 2.89. The van der Waals surface area contributed by atoms with Crippen molar-refractivity contribution in [2.45, 2.75) is 6.42 Å². The standard InChI is InChI=1S/C12H12N4O2/c13-4-3-8-11(15-16-12(8)17)7-1-2-9-10(5-7)18-6-14-9/h1-2,5-6H,3-4,13H2,(H2,15,16,17). The monoisotopic (exact) mass is 244 g/mol. The molecule has 0 atom stereocenters. The zero-order chi connectivity index (χ0) is 12.5. The first-order chi connectivity index (χ1) is 8.79. The summed E-state index contributed by atoms with van der Waals surface area (Å²) in [5.41, 5.74) is 9.15. The SMILES string of the molecule is NCCc1c(-c2ccc3ncoc3c2)[nH][nH]c1=O. The van der Waals surface area contributed by atoms with E-state index in [9.17, 15) is 4.79 Å². The molecule has 3 rings (SSSR count). The van der Waals surface area contributed by atoms with Gasteiger partial charge < -0.3 is 10.2 Å². The Balaban J connectivity index is 2.16. The van der Waals surface area contributed by atoms with Gasteiger partial charge in [0.25, 0.3) is 5.56 Å². The normalized spacial score (nSPS) is 11.2. The summed E-state index contributed by atoms with van der Waals surface area (Å²) in [5.74, 6) is 0. The van der Waals surface area contributed by atoms with Crippen LogP contribution in [-0.4, -0.2) is 21.7 Å². The first-order valence-corrected chi connectivity index (χ1v) is 5.63. The summed E-state index contributed by atoms with van der Waals surface area (Å²) >= 11 is 0. The van der Waals surface area contributed by atoms with Crippen LogP contribution in [0, 0.1) is 0 Å². The molecule has 0 unspecified atom stereocenters. The van der Waals surface area contributed by atoms with Crippen molar-refractivity contribution in [3.8, 4) is 11.3 Å². The van der Waals surface area contributed by atoms with E-state index in [2.05, 4.69) is 15.2 Å². The molecule has 6 heteroatoms. The van der Waals surface area contributed by atoms with Crippen LogP contribution < -0.4 is 11.3 Å². The summed E-state index contributed by atoms with van der Waals surface area (Å²) in [6, 6.07) is 5.59. The Bertz CT molecular complexity index is 738. The topological polar surface area (TPSA) is 101 Å². The molecule has 18 heavy (non-hydrogen) atoms. The van der Waals surface area contributed by atoms with Crippen molar-refractivity contribution in [2.24, 2.45) is 5.73 Å². The minimum atomic E-state index is -0.131. The maximum atomic E-state index is 11.6. The van der Waals surface area contributed by atoms with Crippen LogP contribution in [0.4, 0.5) is 0 Å². The van der Waals surface area contributed by atoms with Crippen LogP contribution in [0.3, 0.4) is 0 Å². The number of hydrogen-bond acceptors (Lipinski definition) is 4. The Morgan fingerprint density at radius 1 is 1.33 bits per heavy atom. The van der Waals surface area contributed by atoms with Gasteiger partial charge in [-0.2, -0.15) is 0 Å². The molecular weight excluding hydrogens is 232 g/mol. The average molecular weight is 244 g/mol. The van der Waals surface area contributed by atoms with E-state index in [4.69, 9.17) is 10.2 Å². The van der Waals surface area contributed by atoms with Gasteiger partial charge in [-0.1, -0.05) is 6.07 Å². The maximum absolute atomic E-state index is 11.6. The fourth-order valence-corrected chi connectivity index (χ4v) is 2.02. The van der Waals surface area contributed by atoms with Crippen molar-refractivity contribution >= 4 is 11.1 Å². The second kappa shape index (κ2) is 4.15. The second-order valence-electron chi connectivity index (χ2n) is 4.01. The van der Waals surface area contributed by atoms with Gasteiger partial charge >= 0.3 is 0 Å². The molecule has 0 aliphatic rings. The number of aromatic nitrogens is 3. The van der Waals surface area contributed by atoms with Gasteiger partial charge in [0.05, 0.1) is 5.69 Å². The molecular formula is C12H12N4O2. The molecule has 4 N–H and O–H groups in total. The Morgan fingerprint density at radius 3 is 3.06 bits per heavy atom. The molecule has 0 radical (unpaired) electrons. The Labute approximate surface area is 102 Å². The lowest BCUT2D eigenvalue weighted by Crippen LogP contribution is -2.12. The highest BCUT2D eigenvalue weighted by molar-refractivity contribution is 5.79. The van der Waals surface area contributed by atoms with Crippen molar-refractivity contribution in [3.05, 3.63) is 40.5 Å². The van der Waals surface area contributed by atoms with Crippen LogP contribution in [0.5, 0.6) is 0 Å². The quantitative estimate of drug-likeness (QED) is 0.640. The second-order valence-corrected chi connectivity index (χ2v) is 4.01. The van der Waals surface area contributed by atoms with Gasteiger partial charge in [0.1, 0.15) is 5.52 Å². The van der Waals surface area contributed by atoms with Crippen molar-refractivity contribution < 1.29 is 4.42 Å². The summed E-state index contributed by atoms with van der Waals surface area (Å²) in [6.07, 6.45) is 1.93. The minimum Gasteiger partial charge on any atom is -0.443 e. The average Bonchev–Trinajstić information content (AvgIpc) is 2.97. The largest absolute Gasteiger partial charge is 0.443 e. The number of nitrogens with one attached hydrogen (secondary N) is 2. The molecule has 0 spiro atoms. The number of hydrogen-bond donors (Lipinski definition) is 3. The van der Waals surface area contributed by atoms with Crippen LogP contribution in [-0.2, 0) is 6.42 Å². The number of nitrogens with two attached hydrogens (primary N) is 1. The number of oxazole rings is 1. The zero-order valence-electron chi connectivity index (χ0n) is 9.56. The van der Waals surface area contributed by atoms with Crippen molar-refractivity contribution in [1.82, 2.24) is 15.2 Å². The maximum Gasteiger partial charge on any atom is 0.267 e. The molecule has 6 nitrogen and oxygen atoms in total. The molecule has 0 saturated carbocycles. The van der Waals surface area contributed by atoms with Crippen molar-refractivity contribution in [2.75, 3.05) is 6.54 Å². The number of benzene rings is 1. The minimum absolute atomic E-state index is 0.131. The smallest absolute Gasteiger partial charge is 0.267 e. The van der Waals surface area contributed by atoms with Gasteiger partial charge in [-0.3, -0.25) is 15.0 Å². The number of fused-ring (bicyclic) bond motifs is 1. The lowest BCUT2D eigenvalue weighted by atomic mass is 10.1. The fraction of sp³-hybridized carbons (Fsp3) is 0.167. The van der Waals surface area contributed by atoms with Gasteiger partial charge in [-0.15, -0.1) is 0 Å². The molecule has 2 aromatic heterocycles. The van der Waals surface area contributed by atoms with Crippen LogP contribution in [0.25, 0.3) is 22.4 Å². The molecule has 0 fully saturated rings. The van der Waals surface area contributed by atoms with E-state index < -0.39 is 0 Å². The van der Waals surface area contributed by atoms with Gasteiger partial charge in [0.15, 0.2) is 12.0 Å². The number of aromatic amines is 2. The molecule has 0 saturated heterocycles. The highest BCUT2D eigenvalue weighted by atomic mass is 16.3. The van der Waals surface area contributed by atoms with Crippen molar-refractivity contribution in [3.63, 3.8) is 0 Å².